The third-order valence-electron chi connectivity index (χ3n) is 5.27. The first-order valence-electron chi connectivity index (χ1n) is 8.29. The summed E-state index contributed by atoms with van der Waals surface area (Å²) in [7, 11) is 0. The predicted octanol–water partition coefficient (Wildman–Crippen LogP) is 2.89. The number of H-pyrrole nitrogens is 1. The summed E-state index contributed by atoms with van der Waals surface area (Å²) in [5.74, 6) is 1.36. The molecule has 1 aliphatic carbocycles. The van der Waals surface area contributed by atoms with Crippen LogP contribution in [0.15, 0.2) is 28.8 Å². The lowest BCUT2D eigenvalue weighted by Crippen LogP contribution is -2.41. The van der Waals surface area contributed by atoms with Gasteiger partial charge < -0.3 is 9.52 Å². The number of aromatic amines is 1. The highest BCUT2D eigenvalue weighted by Gasteiger charge is 2.45. The molecule has 3 heterocycles. The molecular weight excluding hydrogens is 294 g/mol. The van der Waals surface area contributed by atoms with Gasteiger partial charge in [0.05, 0.1) is 6.54 Å². The van der Waals surface area contributed by atoms with Gasteiger partial charge in [0.2, 0.25) is 0 Å². The number of aliphatic carboxylic acids is 1. The number of carboxylic acids is 1. The molecule has 23 heavy (non-hydrogen) atoms. The number of furan rings is 1. The zero-order chi connectivity index (χ0) is 15.8. The fourth-order valence-corrected chi connectivity index (χ4v) is 4.20. The van der Waals surface area contributed by atoms with E-state index in [-0.39, 0.29) is 6.04 Å². The molecule has 122 valence electrons. The SMILES string of the molecule is O=C(O)C1CC2CCCCC2N1Cc1ccc(-c2ccn[nH]2)o1. The minimum Gasteiger partial charge on any atom is -0.480 e. The molecule has 2 fully saturated rings. The van der Waals surface area contributed by atoms with Crippen LogP contribution < -0.4 is 0 Å². The summed E-state index contributed by atoms with van der Waals surface area (Å²) < 4.78 is 5.89. The van der Waals surface area contributed by atoms with E-state index in [1.54, 1.807) is 6.20 Å². The van der Waals surface area contributed by atoms with Gasteiger partial charge in [-0.2, -0.15) is 5.10 Å². The highest BCUT2D eigenvalue weighted by atomic mass is 16.4. The molecular formula is C17H21N3O3. The molecule has 3 atom stereocenters. The molecule has 0 aromatic carbocycles. The molecule has 1 aliphatic heterocycles. The summed E-state index contributed by atoms with van der Waals surface area (Å²) >= 11 is 0. The highest BCUT2D eigenvalue weighted by molar-refractivity contribution is 5.74. The van der Waals surface area contributed by atoms with Gasteiger partial charge in [-0.25, -0.2) is 0 Å². The first kappa shape index (κ1) is 14.5. The van der Waals surface area contributed by atoms with Gasteiger partial charge in [-0.05, 0) is 43.4 Å². The van der Waals surface area contributed by atoms with Crippen LogP contribution in [0.1, 0.15) is 37.9 Å². The molecule has 0 radical (unpaired) electrons. The standard InChI is InChI=1S/C17H21N3O3/c21-17(22)15-9-11-3-1-2-4-14(11)20(15)10-12-5-6-16(23-12)13-7-8-18-19-13/h5-8,11,14-15H,1-4,9-10H2,(H,18,19)(H,21,22). The van der Waals surface area contributed by atoms with Crippen molar-refractivity contribution in [2.24, 2.45) is 5.92 Å². The lowest BCUT2D eigenvalue weighted by molar-refractivity contribution is -0.143. The van der Waals surface area contributed by atoms with Crippen LogP contribution in [-0.4, -0.2) is 38.3 Å². The van der Waals surface area contributed by atoms with Gasteiger partial charge >= 0.3 is 5.97 Å². The number of hydrogen-bond acceptors (Lipinski definition) is 4. The van der Waals surface area contributed by atoms with Crippen molar-refractivity contribution >= 4 is 5.97 Å². The van der Waals surface area contributed by atoms with Crippen molar-refractivity contribution in [2.45, 2.75) is 50.7 Å². The van der Waals surface area contributed by atoms with Crippen LogP contribution in [0.5, 0.6) is 0 Å². The molecule has 3 unspecified atom stereocenters. The van der Waals surface area contributed by atoms with E-state index >= 15 is 0 Å². The third kappa shape index (κ3) is 2.67. The molecule has 6 nitrogen and oxygen atoms in total. The summed E-state index contributed by atoms with van der Waals surface area (Å²) in [5.41, 5.74) is 0.836. The second-order valence-corrected chi connectivity index (χ2v) is 6.61. The summed E-state index contributed by atoms with van der Waals surface area (Å²) in [6.45, 7) is 0.562. The van der Waals surface area contributed by atoms with E-state index < -0.39 is 5.97 Å². The summed E-state index contributed by atoms with van der Waals surface area (Å²) in [4.78, 5) is 13.8. The van der Waals surface area contributed by atoms with Crippen LogP contribution in [0.3, 0.4) is 0 Å². The molecule has 1 saturated heterocycles. The van der Waals surface area contributed by atoms with Gasteiger partial charge in [0.1, 0.15) is 17.5 Å². The molecule has 1 saturated carbocycles. The van der Waals surface area contributed by atoms with Crippen LogP contribution in [0.2, 0.25) is 0 Å². The second-order valence-electron chi connectivity index (χ2n) is 6.61. The maximum absolute atomic E-state index is 11.7. The average molecular weight is 315 g/mol. The van der Waals surface area contributed by atoms with Crippen molar-refractivity contribution in [3.63, 3.8) is 0 Å². The van der Waals surface area contributed by atoms with E-state index in [1.165, 1.54) is 12.8 Å². The molecule has 2 aromatic rings. The van der Waals surface area contributed by atoms with Gasteiger partial charge in [0.15, 0.2) is 5.76 Å². The quantitative estimate of drug-likeness (QED) is 0.906. The number of aromatic nitrogens is 2. The number of carboxylic acid groups (broad SMARTS) is 1. The maximum atomic E-state index is 11.7. The van der Waals surface area contributed by atoms with Gasteiger partial charge in [-0.3, -0.25) is 14.8 Å². The lowest BCUT2D eigenvalue weighted by Gasteiger charge is -2.32. The molecule has 4 rings (SSSR count). The third-order valence-corrected chi connectivity index (χ3v) is 5.27. The molecule has 2 N–H and O–H groups in total. The van der Waals surface area contributed by atoms with Crippen molar-refractivity contribution in [1.29, 1.82) is 0 Å². The molecule has 2 aromatic heterocycles. The second kappa shape index (κ2) is 5.85. The van der Waals surface area contributed by atoms with Crippen molar-refractivity contribution < 1.29 is 14.3 Å². The van der Waals surface area contributed by atoms with E-state index in [0.717, 1.165) is 36.5 Å². The van der Waals surface area contributed by atoms with E-state index in [2.05, 4.69) is 15.1 Å². The number of rotatable bonds is 4. The van der Waals surface area contributed by atoms with E-state index in [4.69, 9.17) is 4.42 Å². The number of nitrogens with zero attached hydrogens (tertiary/aromatic N) is 2. The van der Waals surface area contributed by atoms with E-state index in [1.807, 2.05) is 18.2 Å². The van der Waals surface area contributed by atoms with Crippen molar-refractivity contribution in [3.05, 3.63) is 30.2 Å². The zero-order valence-corrected chi connectivity index (χ0v) is 12.9. The topological polar surface area (TPSA) is 82.4 Å². The van der Waals surface area contributed by atoms with Gasteiger partial charge in [-0.1, -0.05) is 12.8 Å². The van der Waals surface area contributed by atoms with Crippen LogP contribution >= 0.6 is 0 Å². The molecule has 6 heteroatoms. The maximum Gasteiger partial charge on any atom is 0.320 e. The van der Waals surface area contributed by atoms with Crippen molar-refractivity contribution in [1.82, 2.24) is 15.1 Å². The Morgan fingerprint density at radius 2 is 2.22 bits per heavy atom. The molecule has 0 bridgehead atoms. The Morgan fingerprint density at radius 1 is 1.35 bits per heavy atom. The largest absolute Gasteiger partial charge is 0.480 e. The fourth-order valence-electron chi connectivity index (χ4n) is 4.20. The highest BCUT2D eigenvalue weighted by Crippen LogP contribution is 2.40. The number of likely N-dealkylation sites (tertiary alicyclic amines) is 1. The monoisotopic (exact) mass is 315 g/mol. The van der Waals surface area contributed by atoms with Crippen LogP contribution in [0.4, 0.5) is 0 Å². The molecule has 0 amide bonds. The number of fused-ring (bicyclic) bond motifs is 1. The Morgan fingerprint density at radius 3 is 3.00 bits per heavy atom. The Hall–Kier alpha value is -2.08. The van der Waals surface area contributed by atoms with Gasteiger partial charge in [-0.15, -0.1) is 0 Å². The van der Waals surface area contributed by atoms with E-state index in [0.29, 0.717) is 18.5 Å². The average Bonchev–Trinajstić information content (AvgIpc) is 3.26. The minimum atomic E-state index is -0.709. The smallest absolute Gasteiger partial charge is 0.320 e. The fraction of sp³-hybridized carbons (Fsp3) is 0.529. The molecule has 0 spiro atoms. The lowest BCUT2D eigenvalue weighted by atomic mass is 9.85. The Labute approximate surface area is 134 Å². The Bertz CT molecular complexity index is 679. The number of nitrogens with one attached hydrogen (secondary N) is 1. The van der Waals surface area contributed by atoms with Crippen molar-refractivity contribution in [2.75, 3.05) is 0 Å². The first-order chi connectivity index (χ1) is 11.2. The summed E-state index contributed by atoms with van der Waals surface area (Å²) in [6.07, 6.45) is 7.14. The normalized spacial score (nSPS) is 27.9. The van der Waals surface area contributed by atoms with Crippen LogP contribution in [-0.2, 0) is 11.3 Å². The Kier molecular flexibility index (Phi) is 3.69. The Balaban J connectivity index is 1.55. The predicted molar refractivity (Wildman–Crippen MR) is 83.6 cm³/mol. The number of carbonyl (C=O) groups is 1. The first-order valence-corrected chi connectivity index (χ1v) is 8.29. The van der Waals surface area contributed by atoms with Gasteiger partial charge in [0.25, 0.3) is 0 Å². The van der Waals surface area contributed by atoms with Crippen LogP contribution in [0.25, 0.3) is 11.5 Å². The molecule has 2 aliphatic rings. The summed E-state index contributed by atoms with van der Waals surface area (Å²) in [6, 6.07) is 5.70. The van der Waals surface area contributed by atoms with Crippen molar-refractivity contribution in [3.8, 4) is 11.5 Å². The van der Waals surface area contributed by atoms with Crippen LogP contribution in [0, 0.1) is 5.92 Å². The van der Waals surface area contributed by atoms with Gasteiger partial charge in [0, 0.05) is 12.2 Å². The summed E-state index contributed by atoms with van der Waals surface area (Å²) in [5, 5.41) is 16.4. The minimum absolute atomic E-state index is 0.380. The zero-order valence-electron chi connectivity index (χ0n) is 12.9. The van der Waals surface area contributed by atoms with E-state index in [9.17, 15) is 9.90 Å². The number of hydrogen-bond donors (Lipinski definition) is 2.